The van der Waals surface area contributed by atoms with E-state index < -0.39 is 0 Å². The molecule has 0 aliphatic carbocycles. The van der Waals surface area contributed by atoms with Crippen molar-refractivity contribution < 1.29 is 9.47 Å². The first-order chi connectivity index (χ1) is 7.68. The zero-order valence-corrected chi connectivity index (χ0v) is 9.85. The van der Waals surface area contributed by atoms with Crippen LogP contribution in [0.5, 0.6) is 0 Å². The van der Waals surface area contributed by atoms with Gasteiger partial charge in [0, 0.05) is 52.0 Å². The molecule has 1 atom stereocenters. The summed E-state index contributed by atoms with van der Waals surface area (Å²) in [5.74, 6) is 0. The van der Waals surface area contributed by atoms with Crippen LogP contribution in [0.4, 0.5) is 0 Å². The SMILES string of the molecule is COC1(C(N)c2cnn(C)c2)CCOCC1. The van der Waals surface area contributed by atoms with Crippen LogP contribution in [-0.2, 0) is 16.5 Å². The van der Waals surface area contributed by atoms with Crippen LogP contribution < -0.4 is 5.73 Å². The van der Waals surface area contributed by atoms with Gasteiger partial charge in [0.15, 0.2) is 0 Å². The molecule has 1 aliphatic rings. The number of methoxy groups -OCH3 is 1. The molecule has 2 N–H and O–H groups in total. The highest BCUT2D eigenvalue weighted by molar-refractivity contribution is 5.15. The van der Waals surface area contributed by atoms with E-state index in [1.807, 2.05) is 13.2 Å². The summed E-state index contributed by atoms with van der Waals surface area (Å²) in [6.45, 7) is 1.42. The van der Waals surface area contributed by atoms with E-state index in [0.29, 0.717) is 13.2 Å². The van der Waals surface area contributed by atoms with Crippen LogP contribution in [0.1, 0.15) is 24.4 Å². The lowest BCUT2D eigenvalue weighted by Gasteiger charge is -2.40. The van der Waals surface area contributed by atoms with Gasteiger partial charge in [-0.2, -0.15) is 5.10 Å². The molecule has 0 saturated carbocycles. The molecule has 1 aromatic rings. The molecule has 1 fully saturated rings. The fourth-order valence-corrected chi connectivity index (χ4v) is 2.26. The quantitative estimate of drug-likeness (QED) is 0.819. The van der Waals surface area contributed by atoms with E-state index in [4.69, 9.17) is 15.2 Å². The fraction of sp³-hybridized carbons (Fsp3) is 0.727. The molecule has 0 bridgehead atoms. The average molecular weight is 225 g/mol. The van der Waals surface area contributed by atoms with Gasteiger partial charge in [-0.3, -0.25) is 4.68 Å². The lowest BCUT2D eigenvalue weighted by Crippen LogP contribution is -2.47. The van der Waals surface area contributed by atoms with Gasteiger partial charge in [0.2, 0.25) is 0 Å². The molecule has 16 heavy (non-hydrogen) atoms. The maximum atomic E-state index is 6.29. The third-order valence-electron chi connectivity index (χ3n) is 3.40. The Morgan fingerprint density at radius 2 is 2.25 bits per heavy atom. The van der Waals surface area contributed by atoms with Crippen LogP contribution in [0.15, 0.2) is 12.4 Å². The Morgan fingerprint density at radius 3 is 2.75 bits per heavy atom. The van der Waals surface area contributed by atoms with E-state index in [2.05, 4.69) is 5.10 Å². The van der Waals surface area contributed by atoms with Crippen LogP contribution in [-0.4, -0.2) is 35.7 Å². The van der Waals surface area contributed by atoms with Gasteiger partial charge < -0.3 is 15.2 Å². The summed E-state index contributed by atoms with van der Waals surface area (Å²) in [6.07, 6.45) is 5.42. The monoisotopic (exact) mass is 225 g/mol. The molecule has 2 heterocycles. The number of ether oxygens (including phenoxy) is 2. The van der Waals surface area contributed by atoms with E-state index in [1.165, 1.54) is 0 Å². The zero-order chi connectivity index (χ0) is 11.6. The molecule has 0 aromatic carbocycles. The number of hydrogen-bond donors (Lipinski definition) is 1. The number of rotatable bonds is 3. The highest BCUT2D eigenvalue weighted by Gasteiger charge is 2.39. The molecular weight excluding hydrogens is 206 g/mol. The smallest absolute Gasteiger partial charge is 0.0915 e. The summed E-state index contributed by atoms with van der Waals surface area (Å²) in [6, 6.07) is -0.143. The summed E-state index contributed by atoms with van der Waals surface area (Å²) in [7, 11) is 3.61. The lowest BCUT2D eigenvalue weighted by molar-refractivity contribution is -0.105. The van der Waals surface area contributed by atoms with Gasteiger partial charge in [0.1, 0.15) is 0 Å². The number of aromatic nitrogens is 2. The van der Waals surface area contributed by atoms with Crippen molar-refractivity contribution in [2.45, 2.75) is 24.5 Å². The highest BCUT2D eigenvalue weighted by atomic mass is 16.5. The van der Waals surface area contributed by atoms with Gasteiger partial charge in [-0.1, -0.05) is 0 Å². The minimum atomic E-state index is -0.304. The minimum absolute atomic E-state index is 0.143. The topological polar surface area (TPSA) is 62.3 Å². The summed E-state index contributed by atoms with van der Waals surface area (Å²) < 4.78 is 12.8. The largest absolute Gasteiger partial charge is 0.381 e. The van der Waals surface area contributed by atoms with E-state index in [-0.39, 0.29) is 11.6 Å². The fourth-order valence-electron chi connectivity index (χ4n) is 2.26. The zero-order valence-electron chi connectivity index (χ0n) is 9.85. The summed E-state index contributed by atoms with van der Waals surface area (Å²) in [5, 5.41) is 4.15. The maximum absolute atomic E-state index is 6.29. The van der Waals surface area contributed by atoms with E-state index >= 15 is 0 Å². The first kappa shape index (κ1) is 11.6. The van der Waals surface area contributed by atoms with Crippen molar-refractivity contribution >= 4 is 0 Å². The number of hydrogen-bond acceptors (Lipinski definition) is 4. The van der Waals surface area contributed by atoms with Gasteiger partial charge >= 0.3 is 0 Å². The molecule has 90 valence electrons. The van der Waals surface area contributed by atoms with Crippen molar-refractivity contribution in [3.63, 3.8) is 0 Å². The molecule has 2 rings (SSSR count). The first-order valence-electron chi connectivity index (χ1n) is 5.55. The Labute approximate surface area is 95.5 Å². The molecule has 5 nitrogen and oxygen atoms in total. The second kappa shape index (κ2) is 4.53. The Balaban J connectivity index is 2.20. The van der Waals surface area contributed by atoms with Gasteiger partial charge in [-0.05, 0) is 0 Å². The molecule has 5 heteroatoms. The summed E-state index contributed by atoms with van der Waals surface area (Å²) in [4.78, 5) is 0. The number of nitrogens with two attached hydrogens (primary N) is 1. The second-order valence-electron chi connectivity index (χ2n) is 4.31. The molecule has 0 radical (unpaired) electrons. The predicted octanol–water partition coefficient (Wildman–Crippen LogP) is 0.615. The van der Waals surface area contributed by atoms with Crippen molar-refractivity contribution in [1.29, 1.82) is 0 Å². The summed E-state index contributed by atoms with van der Waals surface area (Å²) >= 11 is 0. The van der Waals surface area contributed by atoms with Crippen LogP contribution in [0.3, 0.4) is 0 Å². The third kappa shape index (κ3) is 1.98. The second-order valence-corrected chi connectivity index (χ2v) is 4.31. The number of nitrogens with zero attached hydrogens (tertiary/aromatic N) is 2. The van der Waals surface area contributed by atoms with Gasteiger partial charge in [-0.15, -0.1) is 0 Å². The molecular formula is C11H19N3O2. The van der Waals surface area contributed by atoms with Crippen LogP contribution in [0.25, 0.3) is 0 Å². The van der Waals surface area contributed by atoms with Crippen LogP contribution in [0.2, 0.25) is 0 Å². The van der Waals surface area contributed by atoms with Crippen molar-refractivity contribution in [2.75, 3.05) is 20.3 Å². The lowest BCUT2D eigenvalue weighted by atomic mass is 9.84. The number of aryl methyl sites for hydroxylation is 1. The molecule has 0 spiro atoms. The normalized spacial score (nSPS) is 21.9. The van der Waals surface area contributed by atoms with Crippen molar-refractivity contribution in [1.82, 2.24) is 9.78 Å². The molecule has 1 saturated heterocycles. The minimum Gasteiger partial charge on any atom is -0.381 e. The molecule has 0 amide bonds. The van der Waals surface area contributed by atoms with Crippen molar-refractivity contribution in [3.05, 3.63) is 18.0 Å². The highest BCUT2D eigenvalue weighted by Crippen LogP contribution is 2.35. The van der Waals surface area contributed by atoms with Crippen molar-refractivity contribution in [2.24, 2.45) is 12.8 Å². The first-order valence-corrected chi connectivity index (χ1v) is 5.55. The summed E-state index contributed by atoms with van der Waals surface area (Å²) in [5.41, 5.74) is 7.01. The Bertz CT molecular complexity index is 345. The van der Waals surface area contributed by atoms with Gasteiger partial charge in [0.25, 0.3) is 0 Å². The van der Waals surface area contributed by atoms with E-state index in [1.54, 1.807) is 18.0 Å². The molecule has 1 aliphatic heterocycles. The van der Waals surface area contributed by atoms with Crippen LogP contribution >= 0.6 is 0 Å². The van der Waals surface area contributed by atoms with Crippen LogP contribution in [0, 0.1) is 0 Å². The molecule has 1 aromatic heterocycles. The van der Waals surface area contributed by atoms with Gasteiger partial charge in [0.05, 0.1) is 17.8 Å². The van der Waals surface area contributed by atoms with E-state index in [0.717, 1.165) is 18.4 Å². The van der Waals surface area contributed by atoms with Crippen molar-refractivity contribution in [3.8, 4) is 0 Å². The third-order valence-corrected chi connectivity index (χ3v) is 3.40. The Morgan fingerprint density at radius 1 is 1.56 bits per heavy atom. The Kier molecular flexibility index (Phi) is 3.28. The van der Waals surface area contributed by atoms with Gasteiger partial charge in [-0.25, -0.2) is 0 Å². The molecule has 1 unspecified atom stereocenters. The average Bonchev–Trinajstić information content (AvgIpc) is 2.76. The Hall–Kier alpha value is -0.910. The predicted molar refractivity (Wildman–Crippen MR) is 59.9 cm³/mol. The maximum Gasteiger partial charge on any atom is 0.0915 e. The van der Waals surface area contributed by atoms with E-state index in [9.17, 15) is 0 Å². The standard InChI is InChI=1S/C11H19N3O2/c1-14-8-9(7-13-14)10(12)11(15-2)3-5-16-6-4-11/h7-8,10H,3-6,12H2,1-2H3.